The fraction of sp³-hybridized carbons (Fsp3) is 0.360. The lowest BCUT2D eigenvalue weighted by molar-refractivity contribution is -0.137. The molecule has 0 atom stereocenters. The molecule has 170 valence electrons. The Labute approximate surface area is 189 Å². The molecule has 0 aliphatic carbocycles. The van der Waals surface area contributed by atoms with Gasteiger partial charge in [0.1, 0.15) is 11.4 Å². The van der Waals surface area contributed by atoms with Crippen LogP contribution < -0.4 is 19.5 Å². The van der Waals surface area contributed by atoms with Crippen LogP contribution in [0.1, 0.15) is 32.8 Å². The Balaban J connectivity index is 2.01. The maximum absolute atomic E-state index is 13.3. The highest BCUT2D eigenvalue weighted by atomic mass is 16.5. The van der Waals surface area contributed by atoms with Gasteiger partial charge in [0.25, 0.3) is 11.8 Å². The van der Waals surface area contributed by atoms with Crippen molar-refractivity contribution in [2.75, 3.05) is 32.7 Å². The van der Waals surface area contributed by atoms with Crippen molar-refractivity contribution in [3.05, 3.63) is 53.7 Å². The number of anilines is 1. The molecule has 7 heteroatoms. The molecule has 1 N–H and O–H groups in total. The van der Waals surface area contributed by atoms with Crippen LogP contribution in [0.5, 0.6) is 17.2 Å². The molecule has 32 heavy (non-hydrogen) atoms. The van der Waals surface area contributed by atoms with Crippen LogP contribution in [0.3, 0.4) is 0 Å². The number of nitrogens with zero attached hydrogens (tertiary/aromatic N) is 1. The first-order chi connectivity index (χ1) is 15.4. The minimum atomic E-state index is -0.347. The third-order valence-electron chi connectivity index (χ3n) is 4.98. The first kappa shape index (κ1) is 23.2. The average Bonchev–Trinajstić information content (AvgIpc) is 3.01. The molecule has 7 nitrogen and oxygen atoms in total. The molecule has 0 aromatic heterocycles. The monoisotopic (exact) mass is 438 g/mol. The molecule has 0 spiro atoms. The molecule has 2 amide bonds. The van der Waals surface area contributed by atoms with E-state index in [-0.39, 0.29) is 23.4 Å². The van der Waals surface area contributed by atoms with Crippen LogP contribution in [0.25, 0.3) is 5.57 Å². The van der Waals surface area contributed by atoms with Gasteiger partial charge < -0.3 is 19.5 Å². The average molecular weight is 439 g/mol. The van der Waals surface area contributed by atoms with Gasteiger partial charge in [0, 0.05) is 18.3 Å². The minimum Gasteiger partial charge on any atom is -0.494 e. The van der Waals surface area contributed by atoms with Crippen LogP contribution in [0.15, 0.2) is 48.2 Å². The number of hydrogen-bond donors (Lipinski definition) is 1. The zero-order chi connectivity index (χ0) is 23.3. The number of benzene rings is 2. The summed E-state index contributed by atoms with van der Waals surface area (Å²) in [5, 5.41) is 3.15. The van der Waals surface area contributed by atoms with Crippen LogP contribution >= 0.6 is 0 Å². The number of carbonyl (C=O) groups excluding carboxylic acids is 2. The second kappa shape index (κ2) is 10.2. The van der Waals surface area contributed by atoms with E-state index in [0.717, 1.165) is 12.2 Å². The van der Waals surface area contributed by atoms with E-state index in [2.05, 4.69) is 5.32 Å². The predicted molar refractivity (Wildman–Crippen MR) is 124 cm³/mol. The van der Waals surface area contributed by atoms with E-state index in [1.807, 2.05) is 32.9 Å². The van der Waals surface area contributed by atoms with E-state index < -0.39 is 0 Å². The smallest absolute Gasteiger partial charge is 0.278 e. The Kier molecular flexibility index (Phi) is 7.41. The normalized spacial score (nSPS) is 13.8. The van der Waals surface area contributed by atoms with Crippen molar-refractivity contribution in [1.29, 1.82) is 0 Å². The summed E-state index contributed by atoms with van der Waals surface area (Å²) in [6.45, 7) is 6.95. The molecule has 0 fully saturated rings. The van der Waals surface area contributed by atoms with Gasteiger partial charge in [-0.2, -0.15) is 0 Å². The summed E-state index contributed by atoms with van der Waals surface area (Å²) in [6.07, 6.45) is 0.906. The Hall–Kier alpha value is -3.48. The molecule has 2 aromatic rings. The molecule has 1 heterocycles. The van der Waals surface area contributed by atoms with E-state index in [9.17, 15) is 9.59 Å². The summed E-state index contributed by atoms with van der Waals surface area (Å²) in [5.74, 6) is 1.31. The van der Waals surface area contributed by atoms with Gasteiger partial charge >= 0.3 is 0 Å². The van der Waals surface area contributed by atoms with E-state index in [4.69, 9.17) is 14.2 Å². The lowest BCUT2D eigenvalue weighted by Crippen LogP contribution is -2.35. The van der Waals surface area contributed by atoms with Gasteiger partial charge in [-0.1, -0.05) is 32.9 Å². The van der Waals surface area contributed by atoms with Crippen molar-refractivity contribution < 1.29 is 23.8 Å². The van der Waals surface area contributed by atoms with Crippen molar-refractivity contribution >= 4 is 23.1 Å². The quantitative estimate of drug-likeness (QED) is 0.556. The lowest BCUT2D eigenvalue weighted by Gasteiger charge is -2.17. The number of hydrogen-bond acceptors (Lipinski definition) is 6. The van der Waals surface area contributed by atoms with Crippen molar-refractivity contribution in [3.63, 3.8) is 0 Å². The van der Waals surface area contributed by atoms with Crippen LogP contribution in [-0.4, -0.2) is 44.1 Å². The molecule has 3 rings (SSSR count). The summed E-state index contributed by atoms with van der Waals surface area (Å²) in [5.41, 5.74) is 1.85. The molecule has 1 aliphatic rings. The fourth-order valence-corrected chi connectivity index (χ4v) is 3.49. The molecular weight excluding hydrogens is 408 g/mol. The lowest BCUT2D eigenvalue weighted by atomic mass is 10.0. The summed E-state index contributed by atoms with van der Waals surface area (Å²) in [6, 6.07) is 12.5. The molecule has 1 aliphatic heterocycles. The van der Waals surface area contributed by atoms with Crippen LogP contribution in [-0.2, 0) is 9.59 Å². The van der Waals surface area contributed by atoms with E-state index >= 15 is 0 Å². The largest absolute Gasteiger partial charge is 0.494 e. The van der Waals surface area contributed by atoms with Crippen molar-refractivity contribution in [2.24, 2.45) is 5.92 Å². The van der Waals surface area contributed by atoms with Crippen LogP contribution in [0.4, 0.5) is 5.69 Å². The van der Waals surface area contributed by atoms with E-state index in [1.165, 1.54) is 4.90 Å². The first-order valence-corrected chi connectivity index (χ1v) is 10.7. The number of nitrogens with one attached hydrogen (secondary N) is 1. The highest BCUT2D eigenvalue weighted by molar-refractivity contribution is 6.36. The zero-order valence-corrected chi connectivity index (χ0v) is 19.2. The molecule has 0 bridgehead atoms. The first-order valence-electron chi connectivity index (χ1n) is 10.7. The Bertz CT molecular complexity index is 1010. The predicted octanol–water partition coefficient (Wildman–Crippen LogP) is 4.34. The van der Waals surface area contributed by atoms with Gasteiger partial charge in [0.05, 0.1) is 26.4 Å². The molecular formula is C25H30N2O5. The molecule has 0 saturated heterocycles. The molecule has 0 saturated carbocycles. The van der Waals surface area contributed by atoms with Gasteiger partial charge in [0.2, 0.25) is 0 Å². The van der Waals surface area contributed by atoms with Crippen LogP contribution in [0.2, 0.25) is 0 Å². The third-order valence-corrected chi connectivity index (χ3v) is 4.98. The van der Waals surface area contributed by atoms with Gasteiger partial charge in [-0.3, -0.25) is 14.5 Å². The Morgan fingerprint density at radius 1 is 0.938 bits per heavy atom. The van der Waals surface area contributed by atoms with E-state index in [0.29, 0.717) is 41.5 Å². The third kappa shape index (κ3) is 4.88. The maximum Gasteiger partial charge on any atom is 0.278 e. The number of ether oxygens (including phenoxy) is 3. The topological polar surface area (TPSA) is 77.1 Å². The van der Waals surface area contributed by atoms with E-state index in [1.54, 1.807) is 44.6 Å². The van der Waals surface area contributed by atoms with Gasteiger partial charge in [-0.25, -0.2) is 0 Å². The van der Waals surface area contributed by atoms with Crippen LogP contribution in [0, 0.1) is 5.92 Å². The van der Waals surface area contributed by atoms with Crippen molar-refractivity contribution in [3.8, 4) is 17.2 Å². The summed E-state index contributed by atoms with van der Waals surface area (Å²) >= 11 is 0. The Morgan fingerprint density at radius 2 is 1.62 bits per heavy atom. The molecule has 0 unspecified atom stereocenters. The van der Waals surface area contributed by atoms with Gasteiger partial charge in [-0.15, -0.1) is 0 Å². The highest BCUT2D eigenvalue weighted by Gasteiger charge is 2.39. The number of rotatable bonds is 10. The zero-order valence-electron chi connectivity index (χ0n) is 19.2. The number of methoxy groups -OCH3 is 2. The maximum atomic E-state index is 13.3. The standard InChI is InChI=1S/C25H30N2O5/c1-6-13-32-19-10-7-17(8-11-19)22-23(25(29)27(24(22)28)15-16(2)3)26-18-9-12-20(30-4)21(14-18)31-5/h7-12,14,16,26H,6,13,15H2,1-5H3. The minimum absolute atomic E-state index is 0.148. The SMILES string of the molecule is CCCOc1ccc(C2=C(Nc3ccc(OC)c(OC)c3)C(=O)N(CC(C)C)C2=O)cc1. The fourth-order valence-electron chi connectivity index (χ4n) is 3.49. The number of imide groups is 1. The molecule has 0 radical (unpaired) electrons. The van der Waals surface area contributed by atoms with Crippen molar-refractivity contribution in [2.45, 2.75) is 27.2 Å². The Morgan fingerprint density at radius 3 is 2.22 bits per heavy atom. The van der Waals surface area contributed by atoms with Gasteiger partial charge in [0.15, 0.2) is 11.5 Å². The summed E-state index contributed by atoms with van der Waals surface area (Å²) in [7, 11) is 3.10. The summed E-state index contributed by atoms with van der Waals surface area (Å²) < 4.78 is 16.3. The second-order valence-electron chi connectivity index (χ2n) is 7.93. The van der Waals surface area contributed by atoms with Gasteiger partial charge in [-0.05, 0) is 42.2 Å². The number of amides is 2. The van der Waals surface area contributed by atoms with Crippen molar-refractivity contribution in [1.82, 2.24) is 4.90 Å². The molecule has 2 aromatic carbocycles. The summed E-state index contributed by atoms with van der Waals surface area (Å²) in [4.78, 5) is 27.8. The highest BCUT2D eigenvalue weighted by Crippen LogP contribution is 2.34. The number of carbonyl (C=O) groups is 2. The second-order valence-corrected chi connectivity index (χ2v) is 7.93.